The highest BCUT2D eigenvalue weighted by Gasteiger charge is 2.31. The average molecular weight is 504 g/mol. The highest BCUT2D eigenvalue weighted by molar-refractivity contribution is 7.92. The molecular formula is C33H31NP2. The Bertz CT molecular complexity index is 1320. The molecule has 1 nitrogen and oxygen atoms in total. The van der Waals surface area contributed by atoms with Crippen molar-refractivity contribution in [1.82, 2.24) is 0 Å². The number of rotatable bonds is 8. The number of hydrogen-bond donors (Lipinski definition) is 0. The maximum absolute atomic E-state index is 5.84. The lowest BCUT2D eigenvalue weighted by molar-refractivity contribution is 0.831. The molecule has 0 fully saturated rings. The Morgan fingerprint density at radius 2 is 0.889 bits per heavy atom. The smallest absolute Gasteiger partial charge is 0.0713 e. The Balaban J connectivity index is 1.77. The third kappa shape index (κ3) is 5.44. The van der Waals surface area contributed by atoms with E-state index < -0.39 is 15.0 Å². The lowest BCUT2D eigenvalue weighted by Gasteiger charge is -2.32. The van der Waals surface area contributed by atoms with E-state index in [0.29, 0.717) is 0 Å². The van der Waals surface area contributed by atoms with E-state index in [0.717, 1.165) is 5.90 Å². The van der Waals surface area contributed by atoms with Crippen LogP contribution in [0.3, 0.4) is 0 Å². The van der Waals surface area contributed by atoms with E-state index in [4.69, 9.17) is 4.74 Å². The van der Waals surface area contributed by atoms with Crippen LogP contribution in [0.5, 0.6) is 0 Å². The molecule has 0 N–H and O–H groups in total. The molecule has 0 heterocycles. The van der Waals surface area contributed by atoms with E-state index in [2.05, 4.69) is 159 Å². The summed E-state index contributed by atoms with van der Waals surface area (Å²) >= 11 is 0. The summed E-state index contributed by atoms with van der Waals surface area (Å²) < 4.78 is 5.84. The highest BCUT2D eigenvalue weighted by Crippen LogP contribution is 2.58. The second kappa shape index (κ2) is 11.7. The number of nitrogens with zero attached hydrogens (tertiary/aromatic N) is 1. The maximum Gasteiger partial charge on any atom is 0.0713 e. The van der Waals surface area contributed by atoms with Gasteiger partial charge in [-0.3, -0.25) is 4.74 Å². The summed E-state index contributed by atoms with van der Waals surface area (Å²) in [6.45, 7) is 2.25. The summed E-state index contributed by atoms with van der Waals surface area (Å²) in [5.74, 6) is 1.00. The zero-order valence-corrected chi connectivity index (χ0v) is 22.3. The van der Waals surface area contributed by atoms with Gasteiger partial charge in [0.15, 0.2) is 0 Å². The Morgan fingerprint density at radius 1 is 0.528 bits per heavy atom. The van der Waals surface area contributed by atoms with Crippen LogP contribution in [0, 0.1) is 0 Å². The normalized spacial score (nSPS) is 12.3. The topological polar surface area (TPSA) is 12.4 Å². The molecule has 0 aliphatic carbocycles. The molecule has 0 spiro atoms. The van der Waals surface area contributed by atoms with E-state index in [9.17, 15) is 0 Å². The monoisotopic (exact) mass is 503 g/mol. The Morgan fingerprint density at radius 3 is 1.31 bits per heavy atom. The largest absolute Gasteiger partial charge is 0.286 e. The summed E-state index contributed by atoms with van der Waals surface area (Å²) in [6.07, 6.45) is 0. The first-order valence-corrected chi connectivity index (χ1v) is 15.9. The summed E-state index contributed by atoms with van der Waals surface area (Å²) in [5, 5.41) is 5.49. The SMILES string of the molecule is CC(N=P(CP(c1ccccc1)c1ccccc1)(c1ccccc1)c1ccccc1)c1ccccc1. The molecule has 0 amide bonds. The first-order valence-electron chi connectivity index (χ1n) is 12.4. The van der Waals surface area contributed by atoms with Crippen LogP contribution in [0.25, 0.3) is 0 Å². The van der Waals surface area contributed by atoms with Crippen molar-refractivity contribution in [2.45, 2.75) is 13.0 Å². The van der Waals surface area contributed by atoms with E-state index in [1.807, 2.05) is 0 Å². The van der Waals surface area contributed by atoms with Gasteiger partial charge in [-0.2, -0.15) is 0 Å². The Kier molecular flexibility index (Phi) is 7.92. The Hall–Kier alpha value is -3.24. The van der Waals surface area contributed by atoms with Crippen LogP contribution in [0.15, 0.2) is 156 Å². The molecule has 5 aromatic carbocycles. The second-order valence-corrected chi connectivity index (χ2v) is 14.7. The molecule has 5 rings (SSSR count). The average Bonchev–Trinajstić information content (AvgIpc) is 2.97. The molecule has 0 aromatic heterocycles. The predicted molar refractivity (Wildman–Crippen MR) is 160 cm³/mol. The molecule has 178 valence electrons. The van der Waals surface area contributed by atoms with Crippen molar-refractivity contribution in [2.75, 3.05) is 5.90 Å². The van der Waals surface area contributed by atoms with Crippen molar-refractivity contribution in [3.8, 4) is 0 Å². The van der Waals surface area contributed by atoms with Gasteiger partial charge in [-0.15, -0.1) is 0 Å². The molecule has 0 bridgehead atoms. The van der Waals surface area contributed by atoms with Crippen LogP contribution in [0.2, 0.25) is 0 Å². The first-order chi connectivity index (χ1) is 17.8. The van der Waals surface area contributed by atoms with E-state index in [1.54, 1.807) is 0 Å². The minimum absolute atomic E-state index is 0.0864. The standard InChI is InChI=1S/C33H31NP2/c1-28(29-17-7-2-8-18-29)34-36(32-23-13-5-14-24-32,33-25-15-6-16-26-33)27-35(30-19-9-3-10-20-30)31-21-11-4-12-22-31/h2-26,28H,27H2,1H3. The fourth-order valence-electron chi connectivity index (χ4n) is 4.66. The van der Waals surface area contributed by atoms with E-state index >= 15 is 0 Å². The van der Waals surface area contributed by atoms with Crippen LogP contribution in [-0.2, 0) is 0 Å². The molecule has 1 atom stereocenters. The minimum Gasteiger partial charge on any atom is -0.286 e. The van der Waals surface area contributed by atoms with Gasteiger partial charge in [0.2, 0.25) is 0 Å². The predicted octanol–water partition coefficient (Wildman–Crippen LogP) is 7.69. The lowest BCUT2D eigenvalue weighted by atomic mass is 10.1. The summed E-state index contributed by atoms with van der Waals surface area (Å²) in [5.41, 5.74) is 1.26. The van der Waals surface area contributed by atoms with Crippen molar-refractivity contribution >= 4 is 36.2 Å². The van der Waals surface area contributed by atoms with Gasteiger partial charge >= 0.3 is 0 Å². The van der Waals surface area contributed by atoms with Gasteiger partial charge in [-0.05, 0) is 41.6 Å². The van der Waals surface area contributed by atoms with Crippen molar-refractivity contribution in [3.63, 3.8) is 0 Å². The van der Waals surface area contributed by atoms with Crippen LogP contribution >= 0.6 is 15.0 Å². The minimum atomic E-state index is -2.16. The second-order valence-electron chi connectivity index (χ2n) is 8.88. The van der Waals surface area contributed by atoms with Crippen LogP contribution in [0.4, 0.5) is 0 Å². The zero-order valence-electron chi connectivity index (χ0n) is 20.6. The number of benzene rings is 5. The van der Waals surface area contributed by atoms with Crippen molar-refractivity contribution in [1.29, 1.82) is 0 Å². The molecule has 5 aromatic rings. The van der Waals surface area contributed by atoms with Crippen LogP contribution < -0.4 is 21.2 Å². The zero-order chi connectivity index (χ0) is 24.6. The Labute approximate surface area is 216 Å². The van der Waals surface area contributed by atoms with Gasteiger partial charge in [0.25, 0.3) is 0 Å². The fraction of sp³-hybridized carbons (Fsp3) is 0.0909. The number of hydrogen-bond acceptors (Lipinski definition) is 1. The molecule has 0 radical (unpaired) electrons. The summed E-state index contributed by atoms with van der Waals surface area (Å²) in [7, 11) is -2.79. The fourth-order valence-corrected chi connectivity index (χ4v) is 13.2. The van der Waals surface area contributed by atoms with Crippen molar-refractivity contribution in [2.24, 2.45) is 4.74 Å². The molecule has 36 heavy (non-hydrogen) atoms. The van der Waals surface area contributed by atoms with E-state index in [-0.39, 0.29) is 6.04 Å². The van der Waals surface area contributed by atoms with E-state index in [1.165, 1.54) is 26.8 Å². The van der Waals surface area contributed by atoms with Gasteiger partial charge in [-0.1, -0.05) is 152 Å². The molecule has 0 aliphatic heterocycles. The van der Waals surface area contributed by atoms with Crippen molar-refractivity contribution in [3.05, 3.63) is 157 Å². The summed E-state index contributed by atoms with van der Waals surface area (Å²) in [6, 6.07) is 55.0. The molecule has 0 saturated carbocycles. The molecule has 3 heteroatoms. The van der Waals surface area contributed by atoms with Crippen molar-refractivity contribution < 1.29 is 0 Å². The highest BCUT2D eigenvalue weighted by atomic mass is 31.2. The van der Waals surface area contributed by atoms with Crippen LogP contribution in [0.1, 0.15) is 18.5 Å². The maximum atomic E-state index is 5.84. The van der Waals surface area contributed by atoms with Gasteiger partial charge < -0.3 is 0 Å². The molecular weight excluding hydrogens is 472 g/mol. The summed E-state index contributed by atoms with van der Waals surface area (Å²) in [4.78, 5) is 0. The van der Waals surface area contributed by atoms with Gasteiger partial charge in [0.1, 0.15) is 0 Å². The van der Waals surface area contributed by atoms with Gasteiger partial charge in [-0.25, -0.2) is 0 Å². The third-order valence-electron chi connectivity index (χ3n) is 6.50. The third-order valence-corrected chi connectivity index (χ3v) is 14.2. The van der Waals surface area contributed by atoms with Gasteiger partial charge in [0, 0.05) is 13.0 Å². The lowest BCUT2D eigenvalue weighted by Crippen LogP contribution is -2.23. The quantitative estimate of drug-likeness (QED) is 0.193. The molecule has 0 saturated heterocycles. The van der Waals surface area contributed by atoms with Crippen LogP contribution in [-0.4, -0.2) is 5.90 Å². The molecule has 1 unspecified atom stereocenters. The van der Waals surface area contributed by atoms with Gasteiger partial charge in [0.05, 0.1) is 6.04 Å². The first kappa shape index (κ1) is 24.5. The molecule has 0 aliphatic rings.